The number of alkyl halides is 3. The van der Waals surface area contributed by atoms with Crippen LogP contribution in [0.15, 0.2) is 46.6 Å². The number of hydrogen-bond acceptors (Lipinski definition) is 7. The first-order valence-electron chi connectivity index (χ1n) is 11.5. The van der Waals surface area contributed by atoms with E-state index in [4.69, 9.17) is 11.6 Å². The van der Waals surface area contributed by atoms with Gasteiger partial charge in [0, 0.05) is 23.7 Å². The van der Waals surface area contributed by atoms with Crippen molar-refractivity contribution in [3.63, 3.8) is 0 Å². The first-order valence-corrected chi connectivity index (χ1v) is 12.7. The number of carbonyl (C=O) groups excluding carboxylic acids is 3. The zero-order valence-electron chi connectivity index (χ0n) is 20.4. The molecular weight excluding hydrogens is 545 g/mol. The van der Waals surface area contributed by atoms with Crippen molar-refractivity contribution in [1.29, 1.82) is 0 Å². The van der Waals surface area contributed by atoms with E-state index in [-0.39, 0.29) is 22.1 Å². The topological polar surface area (TPSA) is 126 Å². The summed E-state index contributed by atoms with van der Waals surface area (Å²) in [6.45, 7) is 4.08. The first kappa shape index (κ1) is 29.1. The molecule has 0 saturated heterocycles. The maximum atomic E-state index is 13.1. The predicted molar refractivity (Wildman–Crippen MR) is 137 cm³/mol. The van der Waals surface area contributed by atoms with Gasteiger partial charge in [0.1, 0.15) is 23.5 Å². The van der Waals surface area contributed by atoms with Crippen molar-refractivity contribution in [3.8, 4) is 0 Å². The number of allylic oxidation sites excluding steroid dienone is 2. The molecule has 0 bridgehead atoms. The highest BCUT2D eigenvalue weighted by Gasteiger charge is 2.34. The van der Waals surface area contributed by atoms with Gasteiger partial charge in [0.15, 0.2) is 0 Å². The quantitative estimate of drug-likeness (QED) is 0.420. The summed E-state index contributed by atoms with van der Waals surface area (Å²) in [5.74, 6) is -1.92. The van der Waals surface area contributed by atoms with Gasteiger partial charge < -0.3 is 16.0 Å². The van der Waals surface area contributed by atoms with Gasteiger partial charge in [0.05, 0.1) is 21.5 Å². The molecule has 0 aliphatic carbocycles. The van der Waals surface area contributed by atoms with E-state index in [0.29, 0.717) is 30.4 Å². The molecule has 0 spiro atoms. The van der Waals surface area contributed by atoms with Gasteiger partial charge in [0.2, 0.25) is 0 Å². The van der Waals surface area contributed by atoms with Gasteiger partial charge in [-0.3, -0.25) is 14.4 Å². The predicted octanol–water partition coefficient (Wildman–Crippen LogP) is 4.74. The molecule has 1 aliphatic heterocycles. The summed E-state index contributed by atoms with van der Waals surface area (Å²) in [5.41, 5.74) is -1.06. The van der Waals surface area contributed by atoms with E-state index in [0.717, 1.165) is 30.7 Å². The zero-order valence-corrected chi connectivity index (χ0v) is 21.9. The fourth-order valence-electron chi connectivity index (χ4n) is 3.23. The van der Waals surface area contributed by atoms with E-state index in [1.807, 2.05) is 13.0 Å². The summed E-state index contributed by atoms with van der Waals surface area (Å²) in [5, 5.41) is 7.25. The summed E-state index contributed by atoms with van der Waals surface area (Å²) in [6.07, 6.45) is 2.58. The molecule has 0 saturated carbocycles. The van der Waals surface area contributed by atoms with Gasteiger partial charge in [-0.15, -0.1) is 0 Å². The second kappa shape index (κ2) is 12.9. The maximum absolute atomic E-state index is 13.1. The molecule has 202 valence electrons. The molecule has 2 aromatic heterocycles. The number of thioether (sulfide) groups is 1. The first-order chi connectivity index (χ1) is 18.0. The minimum absolute atomic E-state index is 0.00416. The second-order valence-electron chi connectivity index (χ2n) is 8.10. The van der Waals surface area contributed by atoms with Gasteiger partial charge in [-0.2, -0.15) is 13.2 Å². The molecule has 0 fully saturated rings. The van der Waals surface area contributed by atoms with Crippen molar-refractivity contribution >= 4 is 46.9 Å². The van der Waals surface area contributed by atoms with Crippen LogP contribution in [0.3, 0.4) is 0 Å². The fourth-order valence-corrected chi connectivity index (χ4v) is 4.48. The van der Waals surface area contributed by atoms with Crippen LogP contribution in [0.25, 0.3) is 0 Å². The van der Waals surface area contributed by atoms with E-state index >= 15 is 0 Å². The monoisotopic (exact) mass is 568 g/mol. The Kier molecular flexibility index (Phi) is 9.86. The highest BCUT2D eigenvalue weighted by molar-refractivity contribution is 8.07. The van der Waals surface area contributed by atoms with E-state index in [9.17, 15) is 27.6 Å². The number of aromatic nitrogens is 3. The van der Waals surface area contributed by atoms with E-state index < -0.39 is 40.5 Å². The standard InChI is InChI=1S/C24H24ClF3N6O3S/c1-3-8-29-21(35)16-10-17(32-12-31-16)22(36)33-13(2)18-6-4-5-7-19(38-18)23(37)34-20-9-14(24(26,27)28)15(25)11-30-20/h6-7,9-13H,3-5,8H2,1-2H3,(H,29,35)(H,33,36)(H,30,34,37). The smallest absolute Gasteiger partial charge is 0.351 e. The number of halogens is 4. The van der Waals surface area contributed by atoms with Gasteiger partial charge in [-0.05, 0) is 32.3 Å². The van der Waals surface area contributed by atoms with Crippen molar-refractivity contribution in [2.24, 2.45) is 0 Å². The fraction of sp³-hybridized carbons (Fsp3) is 0.333. The van der Waals surface area contributed by atoms with Gasteiger partial charge >= 0.3 is 6.18 Å². The van der Waals surface area contributed by atoms with Crippen LogP contribution in [0.5, 0.6) is 0 Å². The van der Waals surface area contributed by atoms with Crippen LogP contribution in [-0.2, 0) is 11.0 Å². The lowest BCUT2D eigenvalue weighted by molar-refractivity contribution is -0.137. The number of amides is 3. The highest BCUT2D eigenvalue weighted by atomic mass is 35.5. The van der Waals surface area contributed by atoms with Crippen molar-refractivity contribution in [1.82, 2.24) is 25.6 Å². The molecule has 3 rings (SSSR count). The van der Waals surface area contributed by atoms with Gasteiger partial charge in [0.25, 0.3) is 17.7 Å². The number of anilines is 1. The normalized spacial score (nSPS) is 14.5. The molecule has 1 aliphatic rings. The molecule has 38 heavy (non-hydrogen) atoms. The van der Waals surface area contributed by atoms with Gasteiger partial charge in [-0.1, -0.05) is 42.4 Å². The second-order valence-corrected chi connectivity index (χ2v) is 9.62. The number of carbonyl (C=O) groups is 3. The van der Waals surface area contributed by atoms with Crippen molar-refractivity contribution in [2.45, 2.75) is 45.3 Å². The SMILES string of the molecule is CCCNC(=O)c1cc(C(=O)NC(C)C2=CCCC=C(C(=O)Nc3cc(C(F)(F)F)c(Cl)cn3)S2)ncn1. The summed E-state index contributed by atoms with van der Waals surface area (Å²) < 4.78 is 39.4. The summed E-state index contributed by atoms with van der Waals surface area (Å²) in [6, 6.07) is 1.41. The molecule has 9 nitrogen and oxygen atoms in total. The number of nitrogens with zero attached hydrogens (tertiary/aromatic N) is 3. The maximum Gasteiger partial charge on any atom is 0.418 e. The molecule has 3 heterocycles. The Morgan fingerprint density at radius 1 is 1.05 bits per heavy atom. The van der Waals surface area contributed by atoms with Crippen molar-refractivity contribution in [2.75, 3.05) is 11.9 Å². The summed E-state index contributed by atoms with van der Waals surface area (Å²) >= 11 is 6.67. The Bertz CT molecular complexity index is 1290. The average Bonchev–Trinajstić information content (AvgIpc) is 3.14. The third-order valence-corrected chi connectivity index (χ3v) is 6.77. The minimum Gasteiger partial charge on any atom is -0.351 e. The van der Waals surface area contributed by atoms with Crippen LogP contribution in [0, 0.1) is 0 Å². The van der Waals surface area contributed by atoms with Gasteiger partial charge in [-0.25, -0.2) is 15.0 Å². The van der Waals surface area contributed by atoms with Crippen LogP contribution < -0.4 is 16.0 Å². The largest absolute Gasteiger partial charge is 0.418 e. The minimum atomic E-state index is -4.71. The van der Waals surface area contributed by atoms with Crippen LogP contribution >= 0.6 is 23.4 Å². The van der Waals surface area contributed by atoms with Crippen LogP contribution in [-0.4, -0.2) is 45.3 Å². The molecule has 14 heteroatoms. The van der Waals surface area contributed by atoms with E-state index in [1.54, 1.807) is 13.0 Å². The average molecular weight is 569 g/mol. The van der Waals surface area contributed by atoms with Crippen LogP contribution in [0.4, 0.5) is 19.0 Å². The summed E-state index contributed by atoms with van der Waals surface area (Å²) in [7, 11) is 0. The Balaban J connectivity index is 1.67. The lowest BCUT2D eigenvalue weighted by atomic mass is 10.2. The number of hydrogen-bond donors (Lipinski definition) is 3. The Morgan fingerprint density at radius 2 is 1.74 bits per heavy atom. The number of pyridine rings is 1. The molecule has 0 aromatic carbocycles. The molecule has 2 aromatic rings. The molecule has 1 atom stereocenters. The van der Waals surface area contributed by atoms with Crippen molar-refractivity contribution in [3.05, 3.63) is 68.6 Å². The lowest BCUT2D eigenvalue weighted by Gasteiger charge is -2.18. The van der Waals surface area contributed by atoms with Crippen LogP contribution in [0.2, 0.25) is 5.02 Å². The van der Waals surface area contributed by atoms with Crippen molar-refractivity contribution < 1.29 is 27.6 Å². The molecule has 3 amide bonds. The summed E-state index contributed by atoms with van der Waals surface area (Å²) in [4.78, 5) is 50.2. The third-order valence-electron chi connectivity index (χ3n) is 5.14. The highest BCUT2D eigenvalue weighted by Crippen LogP contribution is 2.36. The number of rotatable bonds is 8. The Hall–Kier alpha value is -3.45. The van der Waals surface area contributed by atoms with Crippen LogP contribution in [0.1, 0.15) is 59.7 Å². The zero-order chi connectivity index (χ0) is 27.9. The Morgan fingerprint density at radius 3 is 2.42 bits per heavy atom. The lowest BCUT2D eigenvalue weighted by Crippen LogP contribution is -2.34. The van der Waals surface area contributed by atoms with E-state index in [1.165, 1.54) is 6.07 Å². The number of nitrogens with one attached hydrogen (secondary N) is 3. The molecule has 3 N–H and O–H groups in total. The third kappa shape index (κ3) is 7.78. The molecular formula is C24H24ClF3N6O3S. The van der Waals surface area contributed by atoms with E-state index in [2.05, 4.69) is 30.9 Å². The molecule has 0 radical (unpaired) electrons. The Labute approximate surface area is 225 Å². The molecule has 1 unspecified atom stereocenters.